The fraction of sp³-hybridized carbons (Fsp3) is 0. The summed E-state index contributed by atoms with van der Waals surface area (Å²) in [6, 6.07) is 52.5. The van der Waals surface area contributed by atoms with Crippen molar-refractivity contribution in [2.24, 2.45) is 0 Å². The molecule has 0 amide bonds. The van der Waals surface area contributed by atoms with Crippen molar-refractivity contribution in [1.82, 2.24) is 15.0 Å². The number of aromatic nitrogens is 3. The highest BCUT2D eigenvalue weighted by Crippen LogP contribution is 2.38. The molecule has 0 aliphatic rings. The number of fused-ring (bicyclic) bond motifs is 4. The van der Waals surface area contributed by atoms with Crippen LogP contribution in [0.2, 0.25) is 0 Å². The third-order valence-electron chi connectivity index (χ3n) is 8.74. The smallest absolute Gasteiger partial charge is 0.160 e. The van der Waals surface area contributed by atoms with Gasteiger partial charge in [-0.15, -0.1) is 0 Å². The number of rotatable bonds is 5. The molecule has 0 radical (unpaired) electrons. The Labute approximate surface area is 271 Å². The van der Waals surface area contributed by atoms with Crippen LogP contribution in [-0.4, -0.2) is 15.0 Å². The van der Waals surface area contributed by atoms with Crippen LogP contribution in [0.25, 0.3) is 88.9 Å². The molecule has 9 rings (SSSR count). The minimum absolute atomic E-state index is 0.658. The predicted octanol–water partition coefficient (Wildman–Crippen LogP) is 11.3. The third-order valence-corrected chi connectivity index (χ3v) is 8.74. The fourth-order valence-corrected chi connectivity index (χ4v) is 6.41. The second-order valence-corrected chi connectivity index (χ2v) is 11.7. The highest BCUT2D eigenvalue weighted by Gasteiger charge is 2.17. The van der Waals surface area contributed by atoms with Gasteiger partial charge in [0.1, 0.15) is 11.2 Å². The number of pyridine rings is 1. The van der Waals surface area contributed by atoms with Crippen LogP contribution in [-0.2, 0) is 0 Å². The molecule has 0 aliphatic heterocycles. The Morgan fingerprint density at radius 1 is 0.426 bits per heavy atom. The first kappa shape index (κ1) is 27.0. The van der Waals surface area contributed by atoms with Gasteiger partial charge >= 0.3 is 0 Å². The summed E-state index contributed by atoms with van der Waals surface area (Å²) in [5.41, 5.74) is 10.5. The maximum Gasteiger partial charge on any atom is 0.160 e. The molecule has 0 atom stereocenters. The SMILES string of the molecule is c1ccc(-c2nc(-c3cc(-c4cccnc4)cc(-c4ccc5ccccc5c4)c3)cc(-c3cccc4c3oc3ccccc34)n2)cc1. The van der Waals surface area contributed by atoms with E-state index >= 15 is 0 Å². The second kappa shape index (κ2) is 11.2. The number of nitrogens with zero attached hydrogens (tertiary/aromatic N) is 3. The van der Waals surface area contributed by atoms with Crippen molar-refractivity contribution in [3.8, 4) is 56.2 Å². The lowest BCUT2D eigenvalue weighted by atomic mass is 9.94. The summed E-state index contributed by atoms with van der Waals surface area (Å²) in [5.74, 6) is 0.658. The monoisotopic (exact) mass is 601 g/mol. The molecule has 0 spiro atoms. The summed E-state index contributed by atoms with van der Waals surface area (Å²) < 4.78 is 6.45. The molecule has 47 heavy (non-hydrogen) atoms. The van der Waals surface area contributed by atoms with Crippen LogP contribution in [0.15, 0.2) is 168 Å². The number of hydrogen-bond donors (Lipinski definition) is 0. The van der Waals surface area contributed by atoms with Gasteiger partial charge in [-0.05, 0) is 76.0 Å². The van der Waals surface area contributed by atoms with Gasteiger partial charge in [0.15, 0.2) is 5.82 Å². The van der Waals surface area contributed by atoms with Crippen molar-refractivity contribution in [2.45, 2.75) is 0 Å². The van der Waals surface area contributed by atoms with E-state index in [-0.39, 0.29) is 0 Å². The highest BCUT2D eigenvalue weighted by atomic mass is 16.3. The molecule has 0 unspecified atom stereocenters. The van der Waals surface area contributed by atoms with E-state index in [9.17, 15) is 0 Å². The zero-order chi connectivity index (χ0) is 31.2. The van der Waals surface area contributed by atoms with Crippen LogP contribution in [0.4, 0.5) is 0 Å². The molecule has 3 aromatic heterocycles. The van der Waals surface area contributed by atoms with E-state index in [1.54, 1.807) is 6.20 Å². The first-order valence-electron chi connectivity index (χ1n) is 15.7. The molecular weight excluding hydrogens is 574 g/mol. The quantitative estimate of drug-likeness (QED) is 0.197. The third kappa shape index (κ3) is 4.93. The molecular formula is C43H27N3O. The Morgan fingerprint density at radius 3 is 2.02 bits per heavy atom. The van der Waals surface area contributed by atoms with Gasteiger partial charge in [-0.1, -0.05) is 103 Å². The van der Waals surface area contributed by atoms with E-state index in [1.165, 1.54) is 10.8 Å². The fourth-order valence-electron chi connectivity index (χ4n) is 6.41. The number of para-hydroxylation sites is 2. The van der Waals surface area contributed by atoms with Crippen molar-refractivity contribution < 1.29 is 4.42 Å². The molecule has 3 heterocycles. The topological polar surface area (TPSA) is 51.8 Å². The first-order valence-corrected chi connectivity index (χ1v) is 15.7. The summed E-state index contributed by atoms with van der Waals surface area (Å²) in [7, 11) is 0. The second-order valence-electron chi connectivity index (χ2n) is 11.7. The standard InChI is InChI=1S/C43H27N3O/c1-2-11-29(12-3-1)43-45-39(26-40(46-43)38-17-8-16-37-36-15-6-7-18-41(36)47-42(37)38)35-24-33(23-34(25-35)32-14-9-21-44-27-32)31-20-19-28-10-4-5-13-30(28)22-31/h1-27H. The van der Waals surface area contributed by atoms with Crippen LogP contribution in [0, 0.1) is 0 Å². The molecule has 0 saturated carbocycles. The van der Waals surface area contributed by atoms with Gasteiger partial charge in [0.2, 0.25) is 0 Å². The lowest BCUT2D eigenvalue weighted by Crippen LogP contribution is -1.97. The normalized spacial score (nSPS) is 11.4. The molecule has 0 aliphatic carbocycles. The van der Waals surface area contributed by atoms with E-state index in [2.05, 4.69) is 114 Å². The highest BCUT2D eigenvalue weighted by molar-refractivity contribution is 6.09. The van der Waals surface area contributed by atoms with Crippen LogP contribution < -0.4 is 0 Å². The van der Waals surface area contributed by atoms with Crippen molar-refractivity contribution in [2.75, 3.05) is 0 Å². The van der Waals surface area contributed by atoms with E-state index < -0.39 is 0 Å². The molecule has 0 fully saturated rings. The number of benzene rings is 6. The Kier molecular flexibility index (Phi) is 6.43. The largest absolute Gasteiger partial charge is 0.455 e. The summed E-state index contributed by atoms with van der Waals surface area (Å²) in [4.78, 5) is 14.7. The van der Waals surface area contributed by atoms with Gasteiger partial charge in [0, 0.05) is 45.4 Å². The van der Waals surface area contributed by atoms with E-state index in [0.717, 1.165) is 72.3 Å². The van der Waals surface area contributed by atoms with Crippen LogP contribution in [0.5, 0.6) is 0 Å². The van der Waals surface area contributed by atoms with E-state index in [1.807, 2.05) is 48.7 Å². The molecule has 0 saturated heterocycles. The van der Waals surface area contributed by atoms with E-state index in [4.69, 9.17) is 14.4 Å². The zero-order valence-electron chi connectivity index (χ0n) is 25.3. The Morgan fingerprint density at radius 2 is 1.15 bits per heavy atom. The summed E-state index contributed by atoms with van der Waals surface area (Å²) in [6.45, 7) is 0. The van der Waals surface area contributed by atoms with E-state index in [0.29, 0.717) is 5.82 Å². The summed E-state index contributed by atoms with van der Waals surface area (Å²) in [6.07, 6.45) is 3.71. The number of hydrogen-bond acceptors (Lipinski definition) is 4. The summed E-state index contributed by atoms with van der Waals surface area (Å²) >= 11 is 0. The molecule has 4 heteroatoms. The zero-order valence-corrected chi connectivity index (χ0v) is 25.3. The average molecular weight is 602 g/mol. The molecule has 220 valence electrons. The van der Waals surface area contributed by atoms with Crippen molar-refractivity contribution in [1.29, 1.82) is 0 Å². The minimum atomic E-state index is 0.658. The first-order chi connectivity index (χ1) is 23.3. The molecule has 0 bridgehead atoms. The molecule has 4 nitrogen and oxygen atoms in total. The maximum atomic E-state index is 6.45. The van der Waals surface area contributed by atoms with Crippen molar-refractivity contribution in [3.05, 3.63) is 164 Å². The van der Waals surface area contributed by atoms with Gasteiger partial charge in [0.05, 0.1) is 11.4 Å². The van der Waals surface area contributed by atoms with Crippen LogP contribution >= 0.6 is 0 Å². The number of furan rings is 1. The van der Waals surface area contributed by atoms with Gasteiger partial charge in [-0.25, -0.2) is 9.97 Å². The van der Waals surface area contributed by atoms with Crippen molar-refractivity contribution in [3.63, 3.8) is 0 Å². The average Bonchev–Trinajstić information content (AvgIpc) is 3.54. The molecule has 0 N–H and O–H groups in total. The van der Waals surface area contributed by atoms with Gasteiger partial charge in [-0.2, -0.15) is 0 Å². The Hall–Kier alpha value is -6.39. The van der Waals surface area contributed by atoms with Crippen molar-refractivity contribution >= 4 is 32.7 Å². The lowest BCUT2D eigenvalue weighted by molar-refractivity contribution is 0.670. The lowest BCUT2D eigenvalue weighted by Gasteiger charge is -2.13. The van der Waals surface area contributed by atoms with Gasteiger partial charge in [-0.3, -0.25) is 4.98 Å². The maximum absolute atomic E-state index is 6.45. The Balaban J connectivity index is 1.29. The van der Waals surface area contributed by atoms with Crippen LogP contribution in [0.1, 0.15) is 0 Å². The predicted molar refractivity (Wildman–Crippen MR) is 192 cm³/mol. The van der Waals surface area contributed by atoms with Gasteiger partial charge in [0.25, 0.3) is 0 Å². The van der Waals surface area contributed by atoms with Crippen LogP contribution in [0.3, 0.4) is 0 Å². The molecule has 6 aromatic carbocycles. The minimum Gasteiger partial charge on any atom is -0.455 e. The Bertz CT molecular complexity index is 2570. The summed E-state index contributed by atoms with van der Waals surface area (Å²) in [5, 5.41) is 4.57. The molecule has 9 aromatic rings. The van der Waals surface area contributed by atoms with Gasteiger partial charge < -0.3 is 4.42 Å².